The first-order chi connectivity index (χ1) is 7.76. The van der Waals surface area contributed by atoms with Crippen LogP contribution in [0.3, 0.4) is 0 Å². The summed E-state index contributed by atoms with van der Waals surface area (Å²) in [6.45, 7) is 4.03. The van der Waals surface area contributed by atoms with Gasteiger partial charge in [0.2, 0.25) is 0 Å². The fourth-order valence-corrected chi connectivity index (χ4v) is 1.05. The topological polar surface area (TPSA) is 73.6 Å². The molecule has 0 atom stereocenters. The zero-order valence-corrected chi connectivity index (χ0v) is 8.81. The highest BCUT2D eigenvalue weighted by molar-refractivity contribution is 5.67. The van der Waals surface area contributed by atoms with Crippen molar-refractivity contribution in [3.05, 3.63) is 42.5 Å². The largest absolute Gasteiger partial charge is 0.445 e. The third-order valence-corrected chi connectivity index (χ3v) is 1.83. The van der Waals surface area contributed by atoms with E-state index in [4.69, 9.17) is 10.6 Å². The average Bonchev–Trinajstić information content (AvgIpc) is 2.34. The molecule has 1 aromatic carbocycles. The summed E-state index contributed by atoms with van der Waals surface area (Å²) in [6, 6.07) is 7.03. The van der Waals surface area contributed by atoms with Gasteiger partial charge in [0.25, 0.3) is 0 Å². The van der Waals surface area contributed by atoms with Gasteiger partial charge in [-0.2, -0.15) is 5.90 Å². The van der Waals surface area contributed by atoms with Gasteiger partial charge < -0.3 is 14.9 Å². The number of carbonyl (C=O) groups is 1. The number of nitrogens with one attached hydrogen (secondary N) is 1. The second-order valence-corrected chi connectivity index (χ2v) is 3.00. The molecule has 1 rings (SSSR count). The Balaban J connectivity index is 2.36. The van der Waals surface area contributed by atoms with Crippen LogP contribution in [0.15, 0.2) is 36.9 Å². The Morgan fingerprint density at radius 3 is 2.69 bits per heavy atom. The van der Waals surface area contributed by atoms with Crippen LogP contribution in [0.2, 0.25) is 0 Å². The number of ether oxygens (including phenoxy) is 1. The lowest BCUT2D eigenvalue weighted by molar-refractivity contribution is 0.158. The highest BCUT2D eigenvalue weighted by atomic mass is 16.6. The number of hydrogen-bond acceptors (Lipinski definition) is 4. The van der Waals surface area contributed by atoms with E-state index in [-0.39, 0.29) is 6.61 Å². The first-order valence-electron chi connectivity index (χ1n) is 4.73. The summed E-state index contributed by atoms with van der Waals surface area (Å²) in [6.07, 6.45) is 1.03. The molecule has 0 spiro atoms. The molecule has 86 valence electrons. The summed E-state index contributed by atoms with van der Waals surface area (Å²) in [7, 11) is 0. The van der Waals surface area contributed by atoms with Gasteiger partial charge in [-0.1, -0.05) is 24.8 Å². The van der Waals surface area contributed by atoms with Crippen LogP contribution >= 0.6 is 0 Å². The van der Waals surface area contributed by atoms with Gasteiger partial charge in [0, 0.05) is 6.54 Å². The predicted molar refractivity (Wildman–Crippen MR) is 59.6 cm³/mol. The fourth-order valence-electron chi connectivity index (χ4n) is 1.05. The molecule has 0 radical (unpaired) electrons. The van der Waals surface area contributed by atoms with Crippen LogP contribution in [-0.4, -0.2) is 12.7 Å². The quantitative estimate of drug-likeness (QED) is 0.582. The van der Waals surface area contributed by atoms with Crippen molar-refractivity contribution in [3.8, 4) is 5.75 Å². The first-order valence-corrected chi connectivity index (χ1v) is 4.73. The highest BCUT2D eigenvalue weighted by Gasteiger charge is 2.00. The Morgan fingerprint density at radius 2 is 2.12 bits per heavy atom. The minimum atomic E-state index is -0.473. The molecule has 0 aliphatic heterocycles. The van der Waals surface area contributed by atoms with E-state index in [1.165, 1.54) is 6.08 Å². The van der Waals surface area contributed by atoms with Crippen LogP contribution in [0.1, 0.15) is 5.56 Å². The molecule has 0 fully saturated rings. The van der Waals surface area contributed by atoms with Crippen LogP contribution < -0.4 is 16.1 Å². The summed E-state index contributed by atoms with van der Waals surface area (Å²) in [5.41, 5.74) is 0.927. The van der Waals surface area contributed by atoms with Gasteiger partial charge in [0.1, 0.15) is 12.4 Å². The van der Waals surface area contributed by atoms with Gasteiger partial charge in [-0.15, -0.1) is 0 Å². The van der Waals surface area contributed by atoms with E-state index >= 15 is 0 Å². The maximum atomic E-state index is 11.1. The molecular weight excluding hydrogens is 208 g/mol. The molecule has 0 saturated heterocycles. The lowest BCUT2D eigenvalue weighted by Crippen LogP contribution is -2.23. The van der Waals surface area contributed by atoms with Crippen molar-refractivity contribution in [2.24, 2.45) is 5.90 Å². The third kappa shape index (κ3) is 4.02. The number of benzene rings is 1. The minimum absolute atomic E-state index is 0.200. The molecule has 5 nitrogen and oxygen atoms in total. The second-order valence-electron chi connectivity index (χ2n) is 3.00. The first kappa shape index (κ1) is 12.1. The van der Waals surface area contributed by atoms with Gasteiger partial charge in [-0.05, 0) is 17.7 Å². The van der Waals surface area contributed by atoms with E-state index in [1.807, 2.05) is 0 Å². The van der Waals surface area contributed by atoms with Crippen molar-refractivity contribution in [1.82, 2.24) is 5.32 Å². The number of nitrogens with two attached hydrogens (primary N) is 1. The molecule has 0 aromatic heterocycles. The van der Waals surface area contributed by atoms with Crippen molar-refractivity contribution in [3.63, 3.8) is 0 Å². The van der Waals surface area contributed by atoms with Crippen molar-refractivity contribution in [1.29, 1.82) is 0 Å². The SMILES string of the molecule is C=CCOC(=O)NCc1ccc(ON)cc1. The molecule has 0 aliphatic carbocycles. The van der Waals surface area contributed by atoms with E-state index in [0.717, 1.165) is 5.56 Å². The van der Waals surface area contributed by atoms with E-state index in [9.17, 15) is 4.79 Å². The zero-order chi connectivity index (χ0) is 11.8. The van der Waals surface area contributed by atoms with Crippen LogP contribution in [-0.2, 0) is 11.3 Å². The zero-order valence-electron chi connectivity index (χ0n) is 8.81. The molecule has 0 aliphatic rings. The van der Waals surface area contributed by atoms with Crippen molar-refractivity contribution < 1.29 is 14.4 Å². The molecule has 0 saturated carbocycles. The van der Waals surface area contributed by atoms with E-state index in [1.54, 1.807) is 24.3 Å². The van der Waals surface area contributed by atoms with E-state index < -0.39 is 6.09 Å². The monoisotopic (exact) mass is 222 g/mol. The van der Waals surface area contributed by atoms with Crippen molar-refractivity contribution >= 4 is 6.09 Å². The molecule has 16 heavy (non-hydrogen) atoms. The Kier molecular flexibility index (Phi) is 4.88. The standard InChI is InChI=1S/C11H14N2O3/c1-2-7-15-11(14)13-8-9-3-5-10(16-12)6-4-9/h2-6H,1,7-8,12H2,(H,13,14). The number of hydrogen-bond donors (Lipinski definition) is 2. The summed E-state index contributed by atoms with van der Waals surface area (Å²) < 4.78 is 4.75. The highest BCUT2D eigenvalue weighted by Crippen LogP contribution is 2.10. The van der Waals surface area contributed by atoms with Gasteiger partial charge >= 0.3 is 6.09 Å². The molecule has 3 N–H and O–H groups in total. The van der Waals surface area contributed by atoms with Gasteiger partial charge in [0.05, 0.1) is 0 Å². The number of rotatable bonds is 5. The molecule has 0 bridgehead atoms. The summed E-state index contributed by atoms with van der Waals surface area (Å²) in [5.74, 6) is 5.55. The second kappa shape index (κ2) is 6.47. The van der Waals surface area contributed by atoms with Crippen LogP contribution in [0.5, 0.6) is 5.75 Å². The summed E-state index contributed by atoms with van der Waals surface area (Å²) >= 11 is 0. The Hall–Kier alpha value is -2.01. The summed E-state index contributed by atoms with van der Waals surface area (Å²) in [4.78, 5) is 15.6. The number of alkyl carbamates (subject to hydrolysis) is 1. The van der Waals surface area contributed by atoms with Crippen molar-refractivity contribution in [2.75, 3.05) is 6.61 Å². The van der Waals surface area contributed by atoms with E-state index in [0.29, 0.717) is 12.3 Å². The molecule has 0 unspecified atom stereocenters. The molecular formula is C11H14N2O3. The third-order valence-electron chi connectivity index (χ3n) is 1.83. The predicted octanol–water partition coefficient (Wildman–Crippen LogP) is 1.35. The van der Waals surface area contributed by atoms with Crippen LogP contribution in [0, 0.1) is 0 Å². The maximum absolute atomic E-state index is 11.1. The molecule has 1 amide bonds. The Morgan fingerprint density at radius 1 is 1.44 bits per heavy atom. The Bertz CT molecular complexity index is 349. The van der Waals surface area contributed by atoms with Gasteiger partial charge in [0.15, 0.2) is 0 Å². The smallest absolute Gasteiger partial charge is 0.407 e. The number of carbonyl (C=O) groups excluding carboxylic acids is 1. The normalized spacial score (nSPS) is 9.31. The average molecular weight is 222 g/mol. The molecule has 5 heteroatoms. The Labute approximate surface area is 93.8 Å². The van der Waals surface area contributed by atoms with E-state index in [2.05, 4.69) is 16.7 Å². The minimum Gasteiger partial charge on any atom is -0.445 e. The lowest BCUT2D eigenvalue weighted by Gasteiger charge is -2.05. The maximum Gasteiger partial charge on any atom is 0.407 e. The van der Waals surface area contributed by atoms with Gasteiger partial charge in [-0.25, -0.2) is 4.79 Å². The fraction of sp³-hybridized carbons (Fsp3) is 0.182. The molecule has 1 aromatic rings. The van der Waals surface area contributed by atoms with Crippen LogP contribution in [0.4, 0.5) is 4.79 Å². The lowest BCUT2D eigenvalue weighted by atomic mass is 10.2. The van der Waals surface area contributed by atoms with Crippen molar-refractivity contribution in [2.45, 2.75) is 6.54 Å². The summed E-state index contributed by atoms with van der Waals surface area (Å²) in [5, 5.41) is 2.59. The number of amides is 1. The molecule has 0 heterocycles. The van der Waals surface area contributed by atoms with Gasteiger partial charge in [-0.3, -0.25) is 0 Å². The van der Waals surface area contributed by atoms with Crippen LogP contribution in [0.25, 0.3) is 0 Å².